The third-order valence-corrected chi connectivity index (χ3v) is 6.23. The van der Waals surface area contributed by atoms with Gasteiger partial charge in [-0.3, -0.25) is 9.59 Å². The average molecular weight is 402 g/mol. The first-order chi connectivity index (χ1) is 13.5. The number of benzene rings is 1. The summed E-state index contributed by atoms with van der Waals surface area (Å²) in [7, 11) is 1.63. The van der Waals surface area contributed by atoms with Gasteiger partial charge < -0.3 is 14.5 Å². The lowest BCUT2D eigenvalue weighted by atomic mass is 10.1. The SMILES string of the molecule is CCN(CC)C(=O)c1nc2c(s1)CCN(C(=O)Cc1cccc(OC)c1)CC2. The molecule has 2 amide bonds. The Morgan fingerprint density at radius 3 is 2.68 bits per heavy atom. The van der Waals surface area contributed by atoms with Gasteiger partial charge in [-0.25, -0.2) is 4.98 Å². The van der Waals surface area contributed by atoms with Crippen molar-refractivity contribution >= 4 is 23.2 Å². The second-order valence-electron chi connectivity index (χ2n) is 6.78. The van der Waals surface area contributed by atoms with Gasteiger partial charge in [-0.15, -0.1) is 11.3 Å². The fourth-order valence-corrected chi connectivity index (χ4v) is 4.48. The quantitative estimate of drug-likeness (QED) is 0.747. The van der Waals surface area contributed by atoms with Crippen molar-refractivity contribution in [3.63, 3.8) is 0 Å². The lowest BCUT2D eigenvalue weighted by Gasteiger charge is -2.20. The first kappa shape index (κ1) is 20.3. The van der Waals surface area contributed by atoms with Crippen molar-refractivity contribution in [3.05, 3.63) is 45.4 Å². The second kappa shape index (κ2) is 9.19. The Morgan fingerprint density at radius 2 is 1.96 bits per heavy atom. The summed E-state index contributed by atoms with van der Waals surface area (Å²) in [5, 5.41) is 0.574. The third-order valence-electron chi connectivity index (χ3n) is 5.08. The Kier molecular flexibility index (Phi) is 6.67. The molecular weight excluding hydrogens is 374 g/mol. The van der Waals surface area contributed by atoms with Crippen LogP contribution in [0.2, 0.25) is 0 Å². The maximum atomic E-state index is 12.7. The molecule has 2 aromatic rings. The molecule has 3 rings (SSSR count). The average Bonchev–Trinajstić information content (AvgIpc) is 3.01. The zero-order chi connectivity index (χ0) is 20.1. The molecule has 0 saturated heterocycles. The molecule has 0 N–H and O–H groups in total. The van der Waals surface area contributed by atoms with E-state index in [0.717, 1.165) is 28.3 Å². The molecule has 0 bridgehead atoms. The molecule has 6 nitrogen and oxygen atoms in total. The zero-order valence-corrected chi connectivity index (χ0v) is 17.6. The van der Waals surface area contributed by atoms with Crippen LogP contribution in [-0.2, 0) is 24.1 Å². The van der Waals surface area contributed by atoms with Crippen LogP contribution in [0.5, 0.6) is 5.75 Å². The highest BCUT2D eigenvalue weighted by atomic mass is 32.1. The van der Waals surface area contributed by atoms with Crippen molar-refractivity contribution < 1.29 is 14.3 Å². The number of thiazole rings is 1. The minimum atomic E-state index is 0.00836. The minimum Gasteiger partial charge on any atom is -0.497 e. The summed E-state index contributed by atoms with van der Waals surface area (Å²) in [5.74, 6) is 0.884. The number of rotatable bonds is 6. The normalized spacial score (nSPS) is 13.6. The van der Waals surface area contributed by atoms with E-state index >= 15 is 0 Å². The molecule has 0 aliphatic carbocycles. The number of carbonyl (C=O) groups is 2. The van der Waals surface area contributed by atoms with Crippen molar-refractivity contribution in [2.75, 3.05) is 33.3 Å². The molecule has 0 unspecified atom stereocenters. The van der Waals surface area contributed by atoms with Crippen molar-refractivity contribution in [2.45, 2.75) is 33.1 Å². The highest BCUT2D eigenvalue weighted by Crippen LogP contribution is 2.24. The van der Waals surface area contributed by atoms with Crippen LogP contribution in [-0.4, -0.2) is 59.9 Å². The number of carbonyl (C=O) groups excluding carboxylic acids is 2. The van der Waals surface area contributed by atoms with Crippen LogP contribution < -0.4 is 4.74 Å². The Morgan fingerprint density at radius 1 is 1.21 bits per heavy atom. The molecule has 150 valence electrons. The second-order valence-corrected chi connectivity index (χ2v) is 7.86. The molecular formula is C21H27N3O3S. The third kappa shape index (κ3) is 4.52. The van der Waals surface area contributed by atoms with Gasteiger partial charge in [-0.1, -0.05) is 12.1 Å². The van der Waals surface area contributed by atoms with E-state index in [9.17, 15) is 9.59 Å². The molecule has 0 radical (unpaired) electrons. The molecule has 0 saturated carbocycles. The zero-order valence-electron chi connectivity index (χ0n) is 16.7. The van der Waals surface area contributed by atoms with Crippen LogP contribution in [0, 0.1) is 0 Å². The molecule has 0 fully saturated rings. The minimum absolute atomic E-state index is 0.00836. The Bertz CT molecular complexity index is 820. The van der Waals surface area contributed by atoms with Gasteiger partial charge in [0.1, 0.15) is 5.75 Å². The summed E-state index contributed by atoms with van der Waals surface area (Å²) < 4.78 is 5.23. The molecule has 0 spiro atoms. The van der Waals surface area contributed by atoms with Gasteiger partial charge in [-0.2, -0.15) is 0 Å². The van der Waals surface area contributed by atoms with E-state index in [1.807, 2.05) is 43.0 Å². The summed E-state index contributed by atoms with van der Waals surface area (Å²) in [6.45, 7) is 6.63. The standard InChI is InChI=1S/C21H27N3O3S/c1-4-23(5-2)21(26)20-22-17-9-11-24(12-10-18(17)28-20)19(25)14-15-7-6-8-16(13-15)27-3/h6-8,13H,4-5,9-12,14H2,1-3H3. The van der Waals surface area contributed by atoms with Crippen LogP contribution in [0.15, 0.2) is 24.3 Å². The monoisotopic (exact) mass is 401 g/mol. The van der Waals surface area contributed by atoms with E-state index in [4.69, 9.17) is 4.74 Å². The molecule has 2 heterocycles. The smallest absolute Gasteiger partial charge is 0.282 e. The highest BCUT2D eigenvalue weighted by molar-refractivity contribution is 7.13. The number of aromatic nitrogens is 1. The maximum Gasteiger partial charge on any atom is 0.282 e. The van der Waals surface area contributed by atoms with Gasteiger partial charge >= 0.3 is 0 Å². The van der Waals surface area contributed by atoms with Gasteiger partial charge in [0.25, 0.3) is 5.91 Å². The van der Waals surface area contributed by atoms with Crippen LogP contribution in [0.1, 0.15) is 39.8 Å². The van der Waals surface area contributed by atoms with Crippen LogP contribution in [0.4, 0.5) is 0 Å². The van der Waals surface area contributed by atoms with E-state index in [0.29, 0.717) is 44.0 Å². The van der Waals surface area contributed by atoms with E-state index in [1.54, 1.807) is 12.0 Å². The Balaban J connectivity index is 1.63. The van der Waals surface area contributed by atoms with Crippen molar-refractivity contribution in [1.82, 2.24) is 14.8 Å². The number of ether oxygens (including phenoxy) is 1. The number of methoxy groups -OCH3 is 1. The molecule has 1 aliphatic rings. The van der Waals surface area contributed by atoms with Gasteiger partial charge in [0.2, 0.25) is 5.91 Å². The topological polar surface area (TPSA) is 62.7 Å². The van der Waals surface area contributed by atoms with Crippen molar-refractivity contribution in [1.29, 1.82) is 0 Å². The molecule has 0 atom stereocenters. The number of amides is 2. The summed E-state index contributed by atoms with van der Waals surface area (Å²) in [4.78, 5) is 34.7. The Hall–Kier alpha value is -2.41. The first-order valence-electron chi connectivity index (χ1n) is 9.74. The van der Waals surface area contributed by atoms with Crippen molar-refractivity contribution in [3.8, 4) is 5.75 Å². The summed E-state index contributed by atoms with van der Waals surface area (Å²) in [6, 6.07) is 7.63. The first-order valence-corrected chi connectivity index (χ1v) is 10.6. The van der Waals surface area contributed by atoms with Gasteiger partial charge in [0.15, 0.2) is 5.01 Å². The largest absolute Gasteiger partial charge is 0.497 e. The summed E-state index contributed by atoms with van der Waals surface area (Å²) >= 11 is 1.48. The number of nitrogens with zero attached hydrogens (tertiary/aromatic N) is 3. The number of hydrogen-bond acceptors (Lipinski definition) is 5. The van der Waals surface area contributed by atoms with Crippen LogP contribution in [0.3, 0.4) is 0 Å². The molecule has 1 aromatic carbocycles. The predicted octanol–water partition coefficient (Wildman–Crippen LogP) is 2.80. The maximum absolute atomic E-state index is 12.7. The molecule has 28 heavy (non-hydrogen) atoms. The molecule has 7 heteroatoms. The lowest BCUT2D eigenvalue weighted by Crippen LogP contribution is -2.34. The highest BCUT2D eigenvalue weighted by Gasteiger charge is 2.24. The fourth-order valence-electron chi connectivity index (χ4n) is 3.42. The van der Waals surface area contributed by atoms with E-state index in [1.165, 1.54) is 11.3 Å². The summed E-state index contributed by atoms with van der Waals surface area (Å²) in [5.41, 5.74) is 1.92. The van der Waals surface area contributed by atoms with E-state index < -0.39 is 0 Å². The van der Waals surface area contributed by atoms with E-state index in [-0.39, 0.29) is 11.8 Å². The number of fused-ring (bicyclic) bond motifs is 1. The van der Waals surface area contributed by atoms with Crippen molar-refractivity contribution in [2.24, 2.45) is 0 Å². The van der Waals surface area contributed by atoms with Gasteiger partial charge in [0, 0.05) is 43.9 Å². The molecule has 1 aromatic heterocycles. The van der Waals surface area contributed by atoms with Crippen LogP contribution in [0.25, 0.3) is 0 Å². The van der Waals surface area contributed by atoms with Crippen LogP contribution >= 0.6 is 11.3 Å². The van der Waals surface area contributed by atoms with Gasteiger partial charge in [-0.05, 0) is 31.5 Å². The Labute approximate surface area is 170 Å². The lowest BCUT2D eigenvalue weighted by molar-refractivity contribution is -0.130. The summed E-state index contributed by atoms with van der Waals surface area (Å²) in [6.07, 6.45) is 1.81. The number of hydrogen-bond donors (Lipinski definition) is 0. The van der Waals surface area contributed by atoms with Gasteiger partial charge in [0.05, 0.1) is 19.2 Å². The fraction of sp³-hybridized carbons (Fsp3) is 0.476. The molecule has 1 aliphatic heterocycles. The predicted molar refractivity (Wildman–Crippen MR) is 110 cm³/mol. The van der Waals surface area contributed by atoms with E-state index in [2.05, 4.69) is 4.98 Å².